The van der Waals surface area contributed by atoms with Crippen LogP contribution in [0.25, 0.3) is 0 Å². The van der Waals surface area contributed by atoms with E-state index < -0.39 is 11.6 Å². The summed E-state index contributed by atoms with van der Waals surface area (Å²) in [4.78, 5) is 4.43. The number of nitrogens with one attached hydrogen (secondary N) is 1. The van der Waals surface area contributed by atoms with Gasteiger partial charge in [-0.25, -0.2) is 13.8 Å². The van der Waals surface area contributed by atoms with Crippen LogP contribution < -0.4 is 5.32 Å². The van der Waals surface area contributed by atoms with E-state index in [4.69, 9.17) is 0 Å². The molecule has 0 aliphatic rings. The predicted molar refractivity (Wildman–Crippen MR) is 77.9 cm³/mol. The Kier molecular flexibility index (Phi) is 5.20. The second-order valence-corrected chi connectivity index (χ2v) is 5.71. The molecule has 0 radical (unpaired) electrons. The van der Waals surface area contributed by atoms with E-state index >= 15 is 0 Å². The van der Waals surface area contributed by atoms with Crippen LogP contribution in [0.15, 0.2) is 23.6 Å². The van der Waals surface area contributed by atoms with Crippen molar-refractivity contribution in [1.29, 1.82) is 0 Å². The molecule has 1 unspecified atom stereocenters. The topological polar surface area (TPSA) is 24.9 Å². The first-order valence-corrected chi connectivity index (χ1v) is 7.57. The molecule has 1 N–H and O–H groups in total. The minimum Gasteiger partial charge on any atom is -0.310 e. The van der Waals surface area contributed by atoms with Gasteiger partial charge in [-0.05, 0) is 37.6 Å². The van der Waals surface area contributed by atoms with Gasteiger partial charge in [0.2, 0.25) is 0 Å². The van der Waals surface area contributed by atoms with Crippen molar-refractivity contribution in [3.8, 4) is 0 Å². The SMILES string of the molecule is CCCNC(Cc1nc(C)cs1)c1ccc(F)c(F)c1. The van der Waals surface area contributed by atoms with Crippen LogP contribution in [0.4, 0.5) is 8.78 Å². The largest absolute Gasteiger partial charge is 0.310 e. The highest BCUT2D eigenvalue weighted by Crippen LogP contribution is 2.22. The Morgan fingerprint density at radius 2 is 2.10 bits per heavy atom. The average molecular weight is 296 g/mol. The zero-order valence-electron chi connectivity index (χ0n) is 11.6. The lowest BCUT2D eigenvalue weighted by molar-refractivity contribution is 0.493. The first kappa shape index (κ1) is 15.1. The summed E-state index contributed by atoms with van der Waals surface area (Å²) >= 11 is 1.59. The predicted octanol–water partition coefficient (Wildman–Crippen LogP) is 4.01. The molecule has 0 bridgehead atoms. The van der Waals surface area contributed by atoms with E-state index in [1.807, 2.05) is 12.3 Å². The van der Waals surface area contributed by atoms with Crippen molar-refractivity contribution in [2.24, 2.45) is 0 Å². The molecule has 5 heteroatoms. The van der Waals surface area contributed by atoms with Crippen molar-refractivity contribution in [3.63, 3.8) is 0 Å². The van der Waals surface area contributed by atoms with E-state index in [1.54, 1.807) is 17.4 Å². The molecule has 0 amide bonds. The maximum atomic E-state index is 13.4. The molecule has 0 aliphatic heterocycles. The first-order chi connectivity index (χ1) is 9.60. The van der Waals surface area contributed by atoms with Gasteiger partial charge in [-0.2, -0.15) is 0 Å². The Morgan fingerprint density at radius 3 is 2.70 bits per heavy atom. The van der Waals surface area contributed by atoms with E-state index in [1.165, 1.54) is 12.1 Å². The highest BCUT2D eigenvalue weighted by atomic mass is 32.1. The van der Waals surface area contributed by atoms with Gasteiger partial charge in [0.05, 0.1) is 5.01 Å². The molecule has 2 aromatic rings. The van der Waals surface area contributed by atoms with Crippen LogP contribution in [-0.2, 0) is 6.42 Å². The molecule has 0 saturated carbocycles. The second-order valence-electron chi connectivity index (χ2n) is 4.77. The van der Waals surface area contributed by atoms with Gasteiger partial charge >= 0.3 is 0 Å². The Hall–Kier alpha value is -1.33. The smallest absolute Gasteiger partial charge is 0.159 e. The quantitative estimate of drug-likeness (QED) is 0.871. The number of halogens is 2. The molecule has 20 heavy (non-hydrogen) atoms. The fraction of sp³-hybridized carbons (Fsp3) is 0.400. The number of aryl methyl sites for hydroxylation is 1. The Labute approximate surface area is 121 Å². The zero-order valence-corrected chi connectivity index (χ0v) is 12.4. The van der Waals surface area contributed by atoms with Crippen LogP contribution in [0.2, 0.25) is 0 Å². The average Bonchev–Trinajstić information content (AvgIpc) is 2.83. The van der Waals surface area contributed by atoms with Crippen molar-refractivity contribution in [2.45, 2.75) is 32.7 Å². The molecular formula is C15H18F2N2S. The second kappa shape index (κ2) is 6.90. The molecule has 108 valence electrons. The van der Waals surface area contributed by atoms with E-state index in [9.17, 15) is 8.78 Å². The third-order valence-electron chi connectivity index (χ3n) is 3.03. The number of rotatable bonds is 6. The van der Waals surface area contributed by atoms with E-state index in [-0.39, 0.29) is 6.04 Å². The van der Waals surface area contributed by atoms with E-state index in [2.05, 4.69) is 17.2 Å². The fourth-order valence-electron chi connectivity index (χ4n) is 2.03. The minimum atomic E-state index is -0.812. The third-order valence-corrected chi connectivity index (χ3v) is 4.02. The fourth-order valence-corrected chi connectivity index (χ4v) is 2.85. The van der Waals surface area contributed by atoms with Gasteiger partial charge in [0.25, 0.3) is 0 Å². The summed E-state index contributed by atoms with van der Waals surface area (Å²) in [5.74, 6) is -1.62. The molecule has 1 atom stereocenters. The Morgan fingerprint density at radius 1 is 1.30 bits per heavy atom. The molecule has 2 nitrogen and oxygen atoms in total. The monoisotopic (exact) mass is 296 g/mol. The maximum Gasteiger partial charge on any atom is 0.159 e. The molecule has 1 heterocycles. The van der Waals surface area contributed by atoms with Crippen molar-refractivity contribution in [2.75, 3.05) is 6.54 Å². The van der Waals surface area contributed by atoms with Crippen LogP contribution in [-0.4, -0.2) is 11.5 Å². The summed E-state index contributed by atoms with van der Waals surface area (Å²) in [6.07, 6.45) is 1.67. The molecule has 0 fully saturated rings. The number of benzene rings is 1. The van der Waals surface area contributed by atoms with Gasteiger partial charge in [-0.3, -0.25) is 0 Å². The van der Waals surface area contributed by atoms with Gasteiger partial charge in [-0.15, -0.1) is 11.3 Å². The van der Waals surface area contributed by atoms with Crippen LogP contribution in [0.1, 0.15) is 35.7 Å². The van der Waals surface area contributed by atoms with Crippen molar-refractivity contribution < 1.29 is 8.78 Å². The van der Waals surface area contributed by atoms with Crippen LogP contribution in [0.3, 0.4) is 0 Å². The normalized spacial score (nSPS) is 12.6. The van der Waals surface area contributed by atoms with Gasteiger partial charge in [0.15, 0.2) is 11.6 Å². The zero-order chi connectivity index (χ0) is 14.5. The van der Waals surface area contributed by atoms with Gasteiger partial charge in [-0.1, -0.05) is 13.0 Å². The number of aromatic nitrogens is 1. The summed E-state index contributed by atoms with van der Waals surface area (Å²) < 4.78 is 26.4. The first-order valence-electron chi connectivity index (χ1n) is 6.69. The van der Waals surface area contributed by atoms with Crippen molar-refractivity contribution in [3.05, 3.63) is 51.5 Å². The molecule has 0 aliphatic carbocycles. The van der Waals surface area contributed by atoms with Crippen LogP contribution in [0, 0.1) is 18.6 Å². The molecule has 2 rings (SSSR count). The van der Waals surface area contributed by atoms with E-state index in [0.717, 1.165) is 29.2 Å². The number of thiazole rings is 1. The highest BCUT2D eigenvalue weighted by Gasteiger charge is 2.15. The standard InChI is InChI=1S/C15H18F2N2S/c1-3-6-18-14(8-15-19-10(2)9-20-15)11-4-5-12(16)13(17)7-11/h4-5,7,9,14,18H,3,6,8H2,1-2H3. The molecule has 1 aromatic carbocycles. The highest BCUT2D eigenvalue weighted by molar-refractivity contribution is 7.09. The Bertz CT molecular complexity index is 569. The number of nitrogens with zero attached hydrogens (tertiary/aromatic N) is 1. The minimum absolute atomic E-state index is 0.0457. The lowest BCUT2D eigenvalue weighted by atomic mass is 10.0. The third kappa shape index (κ3) is 3.84. The summed E-state index contributed by atoms with van der Waals surface area (Å²) in [5, 5.41) is 6.37. The molecule has 0 saturated heterocycles. The number of hydrogen-bond acceptors (Lipinski definition) is 3. The summed E-state index contributed by atoms with van der Waals surface area (Å²) in [7, 11) is 0. The maximum absolute atomic E-state index is 13.4. The lowest BCUT2D eigenvalue weighted by Crippen LogP contribution is -2.24. The molecule has 1 aromatic heterocycles. The van der Waals surface area contributed by atoms with Crippen molar-refractivity contribution in [1.82, 2.24) is 10.3 Å². The summed E-state index contributed by atoms with van der Waals surface area (Å²) in [5.41, 5.74) is 1.75. The van der Waals surface area contributed by atoms with Gasteiger partial charge < -0.3 is 5.32 Å². The number of hydrogen-bond donors (Lipinski definition) is 1. The van der Waals surface area contributed by atoms with Crippen LogP contribution in [0.5, 0.6) is 0 Å². The van der Waals surface area contributed by atoms with Crippen molar-refractivity contribution >= 4 is 11.3 Å². The van der Waals surface area contributed by atoms with Gasteiger partial charge in [0.1, 0.15) is 0 Å². The lowest BCUT2D eigenvalue weighted by Gasteiger charge is -2.18. The summed E-state index contributed by atoms with van der Waals surface area (Å²) in [6, 6.07) is 4.03. The van der Waals surface area contributed by atoms with E-state index in [0.29, 0.717) is 6.42 Å². The van der Waals surface area contributed by atoms with Gasteiger partial charge in [0, 0.05) is 23.5 Å². The summed E-state index contributed by atoms with van der Waals surface area (Å²) in [6.45, 7) is 4.85. The molecule has 0 spiro atoms. The van der Waals surface area contributed by atoms with Crippen LogP contribution >= 0.6 is 11.3 Å². The Balaban J connectivity index is 2.19. The molecular weight excluding hydrogens is 278 g/mol.